The molecule has 0 aliphatic heterocycles. The van der Waals surface area contributed by atoms with Gasteiger partial charge in [-0.2, -0.15) is 0 Å². The van der Waals surface area contributed by atoms with Gasteiger partial charge in [0.1, 0.15) is 5.75 Å². The van der Waals surface area contributed by atoms with E-state index in [9.17, 15) is 34.2 Å². The second-order valence-corrected chi connectivity index (χ2v) is 11.1. The molecule has 1 aromatic heterocycles. The Morgan fingerprint density at radius 3 is 2.51 bits per heavy atom. The number of ketones is 4. The summed E-state index contributed by atoms with van der Waals surface area (Å²) in [5.74, 6) is -10.1. The highest BCUT2D eigenvalue weighted by atomic mass is 16.3. The molecule has 5 rings (SSSR count). The molecule has 1 aromatic carbocycles. The molecule has 3 aliphatic rings. The zero-order valence-electron chi connectivity index (χ0n) is 22.1. The van der Waals surface area contributed by atoms with Crippen LogP contribution in [0, 0.1) is 23.7 Å². The van der Waals surface area contributed by atoms with Crippen molar-refractivity contribution in [2.45, 2.75) is 38.0 Å². The fourth-order valence-electron chi connectivity index (χ4n) is 6.61. The minimum atomic E-state index is -2.66. The molecule has 2 aromatic rings. The monoisotopic (exact) mass is 536 g/mol. The average molecular weight is 537 g/mol. The van der Waals surface area contributed by atoms with Crippen molar-refractivity contribution in [3.8, 4) is 5.75 Å². The van der Waals surface area contributed by atoms with E-state index in [-0.39, 0.29) is 37.1 Å². The number of carbonyl (C=O) groups is 5. The number of amides is 1. The Morgan fingerprint density at radius 1 is 1.18 bits per heavy atom. The Morgan fingerprint density at radius 2 is 1.90 bits per heavy atom. The second-order valence-electron chi connectivity index (χ2n) is 11.1. The number of aromatic nitrogens is 1. The van der Waals surface area contributed by atoms with Crippen LogP contribution in [0.4, 0.5) is 5.69 Å². The lowest BCUT2D eigenvalue weighted by atomic mass is 9.53. The molecule has 1 heterocycles. The number of phenols is 1. The lowest BCUT2D eigenvalue weighted by Gasteiger charge is -2.48. The summed E-state index contributed by atoms with van der Waals surface area (Å²) >= 11 is 0. The highest BCUT2D eigenvalue weighted by Gasteiger charge is 2.66. The number of hydrogen-bond acceptors (Lipinski definition) is 9. The van der Waals surface area contributed by atoms with Crippen molar-refractivity contribution < 1.29 is 34.2 Å². The van der Waals surface area contributed by atoms with Gasteiger partial charge in [-0.05, 0) is 42.5 Å². The summed E-state index contributed by atoms with van der Waals surface area (Å²) in [5.41, 5.74) is 5.37. The van der Waals surface area contributed by atoms with E-state index in [2.05, 4.69) is 5.32 Å². The van der Waals surface area contributed by atoms with Gasteiger partial charge in [0, 0.05) is 69.7 Å². The summed E-state index contributed by atoms with van der Waals surface area (Å²) in [6, 6.07) is 5.70. The van der Waals surface area contributed by atoms with Crippen molar-refractivity contribution in [3.63, 3.8) is 0 Å². The van der Waals surface area contributed by atoms with E-state index in [0.29, 0.717) is 23.4 Å². The summed E-state index contributed by atoms with van der Waals surface area (Å²) < 4.78 is 1.96. The first-order valence-electron chi connectivity index (χ1n) is 12.9. The SMILES string of the molecule is CN(C)c1cc(CNCc2cccn2C)c(O)c2c1C[C@H]1C[C@H]3CC(=O)C(C(N)=O)C(=O)[C@@]3(O)C(=O)C1C2=O. The van der Waals surface area contributed by atoms with Gasteiger partial charge in [0.25, 0.3) is 0 Å². The number of fused-ring (bicyclic) bond motifs is 3. The molecule has 2 unspecified atom stereocenters. The molecular formula is C28H32N4O7. The number of aliphatic hydroxyl groups is 1. The normalized spacial score (nSPS) is 28.1. The molecule has 11 nitrogen and oxygen atoms in total. The highest BCUT2D eigenvalue weighted by Crippen LogP contribution is 2.51. The lowest BCUT2D eigenvalue weighted by Crippen LogP contribution is -2.68. The summed E-state index contributed by atoms with van der Waals surface area (Å²) in [4.78, 5) is 66.9. The van der Waals surface area contributed by atoms with Crippen LogP contribution in [0.2, 0.25) is 0 Å². The van der Waals surface area contributed by atoms with Gasteiger partial charge in [-0.1, -0.05) is 0 Å². The molecule has 0 radical (unpaired) electrons. The zero-order chi connectivity index (χ0) is 28.4. The third kappa shape index (κ3) is 3.99. The number of benzene rings is 1. The van der Waals surface area contributed by atoms with Crippen molar-refractivity contribution >= 4 is 34.7 Å². The Bertz CT molecular complexity index is 1430. The number of primary amides is 1. The van der Waals surface area contributed by atoms with Gasteiger partial charge in [0.05, 0.1) is 11.5 Å². The number of aromatic hydroxyl groups is 1. The molecular weight excluding hydrogens is 504 g/mol. The quantitative estimate of drug-likeness (QED) is 0.371. The maximum Gasteiger partial charge on any atom is 0.235 e. The van der Waals surface area contributed by atoms with Crippen molar-refractivity contribution in [3.05, 3.63) is 46.8 Å². The molecule has 11 heteroatoms. The van der Waals surface area contributed by atoms with Crippen LogP contribution in [0.25, 0.3) is 0 Å². The van der Waals surface area contributed by atoms with Gasteiger partial charge in [0.15, 0.2) is 34.7 Å². The largest absolute Gasteiger partial charge is 0.507 e. The molecule has 5 atom stereocenters. The van der Waals surface area contributed by atoms with Crippen LogP contribution >= 0.6 is 0 Å². The number of nitrogens with two attached hydrogens (primary N) is 1. The number of nitrogens with one attached hydrogen (secondary N) is 1. The number of phenolic OH excluding ortho intramolecular Hbond substituents is 1. The molecule has 5 N–H and O–H groups in total. The van der Waals surface area contributed by atoms with Crippen LogP contribution in [-0.4, -0.2) is 63.5 Å². The van der Waals surface area contributed by atoms with Gasteiger partial charge in [-0.25, -0.2) is 0 Å². The Kier molecular flexibility index (Phi) is 6.47. The highest BCUT2D eigenvalue weighted by molar-refractivity contribution is 6.31. The Balaban J connectivity index is 1.52. The van der Waals surface area contributed by atoms with E-state index in [1.165, 1.54) is 0 Å². The maximum absolute atomic E-state index is 13.9. The average Bonchev–Trinajstić information content (AvgIpc) is 3.26. The molecule has 2 fully saturated rings. The summed E-state index contributed by atoms with van der Waals surface area (Å²) in [5, 5.41) is 25.9. The Labute approximate surface area is 225 Å². The van der Waals surface area contributed by atoms with Gasteiger partial charge in [0.2, 0.25) is 5.91 Å². The van der Waals surface area contributed by atoms with Gasteiger partial charge >= 0.3 is 0 Å². The van der Waals surface area contributed by atoms with Gasteiger partial charge in [-0.15, -0.1) is 0 Å². The van der Waals surface area contributed by atoms with Gasteiger partial charge < -0.3 is 30.7 Å². The van der Waals surface area contributed by atoms with E-state index in [4.69, 9.17) is 5.73 Å². The van der Waals surface area contributed by atoms with Crippen molar-refractivity contribution in [1.29, 1.82) is 0 Å². The molecule has 1 amide bonds. The van der Waals surface area contributed by atoms with Crippen LogP contribution in [0.3, 0.4) is 0 Å². The van der Waals surface area contributed by atoms with Crippen molar-refractivity contribution in [2.24, 2.45) is 36.5 Å². The number of anilines is 1. The standard InChI is InChI=1S/C28H32N4O7/c1-31(2)18-9-14(11-30-12-16-5-4-6-32(16)3)23(34)21-17(18)8-13-7-15-10-19(33)22(27(29)38)26(37)28(15,39)25(36)20(13)24(21)35/h4-6,9,13,15,20,22,30,34,39H,7-8,10-12H2,1-3H3,(H2,29,38)/t13-,15+,20?,22?,28+/m1/s1. The first-order valence-corrected chi connectivity index (χ1v) is 12.9. The predicted octanol–water partition coefficient (Wildman–Crippen LogP) is 0.0212. The van der Waals surface area contributed by atoms with Gasteiger partial charge in [-0.3, -0.25) is 24.0 Å². The maximum atomic E-state index is 13.9. The smallest absolute Gasteiger partial charge is 0.235 e. The van der Waals surface area contributed by atoms with Crippen LogP contribution in [0.1, 0.15) is 40.0 Å². The molecule has 39 heavy (non-hydrogen) atoms. The predicted molar refractivity (Wildman–Crippen MR) is 139 cm³/mol. The minimum absolute atomic E-state index is 0.000646. The second kappa shape index (κ2) is 9.42. The third-order valence-corrected chi connectivity index (χ3v) is 8.61. The zero-order valence-corrected chi connectivity index (χ0v) is 22.1. The number of hydrogen-bond donors (Lipinski definition) is 4. The molecule has 2 saturated carbocycles. The van der Waals surface area contributed by atoms with Crippen LogP contribution in [0.15, 0.2) is 24.4 Å². The van der Waals surface area contributed by atoms with Crippen LogP contribution < -0.4 is 16.0 Å². The van der Waals surface area contributed by atoms with Crippen LogP contribution in [0.5, 0.6) is 5.75 Å². The molecule has 0 saturated heterocycles. The number of Topliss-reactive ketones (excluding diaryl/α,β-unsaturated/α-hetero) is 4. The molecule has 0 bridgehead atoms. The number of aryl methyl sites for hydroxylation is 1. The number of nitrogens with zero attached hydrogens (tertiary/aromatic N) is 2. The molecule has 206 valence electrons. The summed E-state index contributed by atoms with van der Waals surface area (Å²) in [6.45, 7) is 0.762. The molecule has 0 spiro atoms. The van der Waals surface area contributed by atoms with Crippen molar-refractivity contribution in [2.75, 3.05) is 19.0 Å². The number of carbonyl (C=O) groups excluding carboxylic acids is 5. The topological polar surface area (TPSA) is 172 Å². The third-order valence-electron chi connectivity index (χ3n) is 8.61. The summed E-state index contributed by atoms with van der Waals surface area (Å²) in [7, 11) is 5.56. The fraction of sp³-hybridized carbons (Fsp3) is 0.464. The van der Waals surface area contributed by atoms with Crippen LogP contribution in [-0.2, 0) is 45.7 Å². The van der Waals surface area contributed by atoms with E-state index in [0.717, 1.165) is 5.69 Å². The van der Waals surface area contributed by atoms with E-state index in [1.54, 1.807) is 0 Å². The summed E-state index contributed by atoms with van der Waals surface area (Å²) in [6.07, 6.45) is 1.87. The van der Waals surface area contributed by atoms with E-state index in [1.807, 2.05) is 55.0 Å². The first-order chi connectivity index (χ1) is 18.4. The molecule has 3 aliphatic carbocycles. The van der Waals surface area contributed by atoms with E-state index < -0.39 is 58.3 Å². The first kappa shape index (κ1) is 26.8. The van der Waals surface area contributed by atoms with Crippen molar-refractivity contribution in [1.82, 2.24) is 9.88 Å². The lowest BCUT2D eigenvalue weighted by molar-refractivity contribution is -0.175. The fourth-order valence-corrected chi connectivity index (χ4v) is 6.61. The van der Waals surface area contributed by atoms with E-state index >= 15 is 0 Å². The minimum Gasteiger partial charge on any atom is -0.507 e. The Hall–Kier alpha value is -3.83. The number of rotatable bonds is 6.